The van der Waals surface area contributed by atoms with Crippen molar-refractivity contribution in [2.75, 3.05) is 31.7 Å². The van der Waals surface area contributed by atoms with E-state index in [0.29, 0.717) is 5.95 Å². The third kappa shape index (κ3) is 8.22. The Morgan fingerprint density at radius 2 is 2.04 bits per heavy atom. The largest absolute Gasteiger partial charge is 0.464 e. The number of furan rings is 1. The zero-order valence-electron chi connectivity index (χ0n) is 16.7. The van der Waals surface area contributed by atoms with E-state index >= 15 is 0 Å². The van der Waals surface area contributed by atoms with Gasteiger partial charge in [0, 0.05) is 24.1 Å². The highest BCUT2D eigenvalue weighted by Crippen LogP contribution is 2.16. The number of aryl methyl sites for hydroxylation is 1. The van der Waals surface area contributed by atoms with Gasteiger partial charge in [0.1, 0.15) is 11.5 Å². The second-order valence-electron chi connectivity index (χ2n) is 6.98. The summed E-state index contributed by atoms with van der Waals surface area (Å²) in [5.41, 5.74) is 0.748. The number of anilines is 1. The summed E-state index contributed by atoms with van der Waals surface area (Å²) in [7, 11) is 4.06. The second kappa shape index (κ2) is 11.9. The number of H-pyrrole nitrogens is 1. The monoisotopic (exact) mass is 392 g/mol. The number of aromatic amines is 1. The molecule has 7 heteroatoms. The molecule has 150 valence electrons. The smallest absolute Gasteiger partial charge is 0.255 e. The molecule has 0 aliphatic rings. The molecule has 2 heterocycles. The highest BCUT2D eigenvalue weighted by atomic mass is 32.2. The molecule has 0 unspecified atom stereocenters. The molecule has 0 fully saturated rings. The van der Waals surface area contributed by atoms with Crippen molar-refractivity contribution in [3.8, 4) is 0 Å². The molecule has 0 amide bonds. The molecule has 6 nitrogen and oxygen atoms in total. The van der Waals surface area contributed by atoms with Crippen LogP contribution in [0.25, 0.3) is 0 Å². The first kappa shape index (κ1) is 21.6. The molecule has 0 saturated carbocycles. The number of rotatable bonds is 13. The van der Waals surface area contributed by atoms with Gasteiger partial charge >= 0.3 is 0 Å². The first-order valence-electron chi connectivity index (χ1n) is 9.70. The topological polar surface area (TPSA) is 74.2 Å². The number of hydrogen-bond donors (Lipinski definition) is 2. The van der Waals surface area contributed by atoms with Crippen molar-refractivity contribution in [2.24, 2.45) is 0 Å². The van der Waals surface area contributed by atoms with Crippen LogP contribution in [-0.2, 0) is 18.7 Å². The SMILES string of the molecule is CCCCCCc1cnc(NCCSCc2ccc(CN(C)C)o2)[nH]c1=O. The summed E-state index contributed by atoms with van der Waals surface area (Å²) in [6, 6.07) is 4.07. The van der Waals surface area contributed by atoms with E-state index in [4.69, 9.17) is 4.42 Å². The fraction of sp³-hybridized carbons (Fsp3) is 0.600. The molecular weight excluding hydrogens is 360 g/mol. The molecule has 0 aliphatic carbocycles. The Bertz CT molecular complexity index is 727. The van der Waals surface area contributed by atoms with E-state index < -0.39 is 0 Å². The lowest BCUT2D eigenvalue weighted by molar-refractivity contribution is 0.344. The quantitative estimate of drug-likeness (QED) is 0.504. The minimum atomic E-state index is -0.0272. The van der Waals surface area contributed by atoms with Gasteiger partial charge < -0.3 is 14.6 Å². The lowest BCUT2D eigenvalue weighted by atomic mass is 10.1. The molecule has 2 aromatic heterocycles. The van der Waals surface area contributed by atoms with E-state index in [1.165, 1.54) is 19.3 Å². The van der Waals surface area contributed by atoms with Crippen LogP contribution in [0.4, 0.5) is 5.95 Å². The van der Waals surface area contributed by atoms with Gasteiger partial charge in [0.05, 0.1) is 12.3 Å². The summed E-state index contributed by atoms with van der Waals surface area (Å²) in [6.45, 7) is 3.75. The summed E-state index contributed by atoms with van der Waals surface area (Å²) in [6.07, 6.45) is 7.14. The van der Waals surface area contributed by atoms with Crippen molar-refractivity contribution in [1.82, 2.24) is 14.9 Å². The summed E-state index contributed by atoms with van der Waals surface area (Å²) >= 11 is 1.79. The van der Waals surface area contributed by atoms with E-state index in [1.54, 1.807) is 18.0 Å². The lowest BCUT2D eigenvalue weighted by Crippen LogP contribution is -2.17. The number of hydrogen-bond acceptors (Lipinski definition) is 6. The Morgan fingerprint density at radius 3 is 2.78 bits per heavy atom. The maximum atomic E-state index is 12.1. The molecular formula is C20H32N4O2S. The number of aromatic nitrogens is 2. The number of nitrogens with zero attached hydrogens (tertiary/aromatic N) is 2. The van der Waals surface area contributed by atoms with Crippen molar-refractivity contribution < 1.29 is 4.42 Å². The van der Waals surface area contributed by atoms with Crippen molar-refractivity contribution >= 4 is 17.7 Å². The maximum Gasteiger partial charge on any atom is 0.255 e. The lowest BCUT2D eigenvalue weighted by Gasteiger charge is -2.07. The van der Waals surface area contributed by atoms with Crippen LogP contribution >= 0.6 is 11.8 Å². The van der Waals surface area contributed by atoms with Crippen molar-refractivity contribution in [3.63, 3.8) is 0 Å². The van der Waals surface area contributed by atoms with Crippen LogP contribution in [0.15, 0.2) is 27.5 Å². The van der Waals surface area contributed by atoms with E-state index in [9.17, 15) is 4.79 Å². The van der Waals surface area contributed by atoms with Gasteiger partial charge in [-0.05, 0) is 39.1 Å². The number of unbranched alkanes of at least 4 members (excludes halogenated alkanes) is 3. The molecule has 0 aromatic carbocycles. The Labute approximate surface area is 166 Å². The van der Waals surface area contributed by atoms with E-state index in [1.807, 2.05) is 26.2 Å². The van der Waals surface area contributed by atoms with Gasteiger partial charge in [-0.3, -0.25) is 9.78 Å². The summed E-state index contributed by atoms with van der Waals surface area (Å²) in [4.78, 5) is 21.3. The number of thioether (sulfide) groups is 1. The first-order chi connectivity index (χ1) is 13.1. The zero-order chi connectivity index (χ0) is 19.5. The van der Waals surface area contributed by atoms with Crippen LogP contribution in [0.1, 0.15) is 49.7 Å². The summed E-state index contributed by atoms with van der Waals surface area (Å²) < 4.78 is 5.79. The van der Waals surface area contributed by atoms with Crippen LogP contribution < -0.4 is 10.9 Å². The fourth-order valence-electron chi connectivity index (χ4n) is 2.74. The molecule has 0 bridgehead atoms. The molecule has 0 spiro atoms. The van der Waals surface area contributed by atoms with Gasteiger partial charge in [-0.2, -0.15) is 11.8 Å². The minimum absolute atomic E-state index is 0.0272. The molecule has 2 aromatic rings. The molecule has 2 N–H and O–H groups in total. The predicted octanol–water partition coefficient (Wildman–Crippen LogP) is 3.89. The molecule has 0 saturated heterocycles. The molecule has 0 atom stereocenters. The average molecular weight is 393 g/mol. The number of nitrogens with one attached hydrogen (secondary N) is 2. The predicted molar refractivity (Wildman–Crippen MR) is 113 cm³/mol. The Morgan fingerprint density at radius 1 is 1.22 bits per heavy atom. The van der Waals surface area contributed by atoms with Gasteiger partial charge in [-0.15, -0.1) is 0 Å². The van der Waals surface area contributed by atoms with Crippen molar-refractivity contribution in [1.29, 1.82) is 0 Å². The van der Waals surface area contributed by atoms with Crippen LogP contribution in [-0.4, -0.2) is 41.3 Å². The first-order valence-corrected chi connectivity index (χ1v) is 10.9. The summed E-state index contributed by atoms with van der Waals surface area (Å²) in [5, 5.41) is 3.18. The van der Waals surface area contributed by atoms with Gasteiger partial charge in [0.2, 0.25) is 5.95 Å². The third-order valence-electron chi connectivity index (χ3n) is 4.15. The van der Waals surface area contributed by atoms with Crippen LogP contribution in [0.5, 0.6) is 0 Å². The Balaban J connectivity index is 1.65. The van der Waals surface area contributed by atoms with Crippen LogP contribution in [0, 0.1) is 0 Å². The van der Waals surface area contributed by atoms with Crippen LogP contribution in [0.2, 0.25) is 0 Å². The molecule has 0 radical (unpaired) electrons. The van der Waals surface area contributed by atoms with Gasteiger partial charge in [-0.1, -0.05) is 26.2 Å². The van der Waals surface area contributed by atoms with E-state index in [0.717, 1.165) is 54.5 Å². The zero-order valence-corrected chi connectivity index (χ0v) is 17.5. The highest BCUT2D eigenvalue weighted by molar-refractivity contribution is 7.98. The van der Waals surface area contributed by atoms with E-state index in [2.05, 4.69) is 27.1 Å². The van der Waals surface area contributed by atoms with E-state index in [-0.39, 0.29) is 5.56 Å². The normalized spacial score (nSPS) is 11.3. The Kier molecular flexibility index (Phi) is 9.48. The molecule has 0 aliphatic heterocycles. The van der Waals surface area contributed by atoms with Crippen molar-refractivity contribution in [2.45, 2.75) is 51.3 Å². The van der Waals surface area contributed by atoms with Gasteiger partial charge in [-0.25, -0.2) is 4.98 Å². The maximum absolute atomic E-state index is 12.1. The highest BCUT2D eigenvalue weighted by Gasteiger charge is 2.05. The van der Waals surface area contributed by atoms with Gasteiger partial charge in [0.15, 0.2) is 0 Å². The molecule has 2 rings (SSSR count). The summed E-state index contributed by atoms with van der Waals surface area (Å²) in [5.74, 6) is 4.28. The molecule has 27 heavy (non-hydrogen) atoms. The van der Waals surface area contributed by atoms with Crippen LogP contribution in [0.3, 0.4) is 0 Å². The minimum Gasteiger partial charge on any atom is -0.464 e. The Hall–Kier alpha value is -1.73. The standard InChI is InChI=1S/C20H32N4O2S/c1-4-5-6-7-8-16-13-22-20(23-19(16)25)21-11-12-27-15-18-10-9-17(26-18)14-24(2)3/h9-10,13H,4-8,11-12,14-15H2,1-3H3,(H2,21,22,23,25). The second-order valence-corrected chi connectivity index (χ2v) is 8.09. The third-order valence-corrected chi connectivity index (χ3v) is 5.13. The average Bonchev–Trinajstić information content (AvgIpc) is 3.06. The fourth-order valence-corrected chi connectivity index (χ4v) is 3.49. The van der Waals surface area contributed by atoms with Crippen molar-refractivity contribution in [3.05, 3.63) is 45.8 Å². The van der Waals surface area contributed by atoms with Gasteiger partial charge in [0.25, 0.3) is 5.56 Å².